The number of carbonyl (C=O) groups is 1. The van der Waals surface area contributed by atoms with Crippen molar-refractivity contribution in [2.24, 2.45) is 5.41 Å². The van der Waals surface area contributed by atoms with Crippen molar-refractivity contribution in [1.29, 1.82) is 0 Å². The summed E-state index contributed by atoms with van der Waals surface area (Å²) in [4.78, 5) is 12.1. The lowest BCUT2D eigenvalue weighted by atomic mass is 9.92. The van der Waals surface area contributed by atoms with E-state index in [4.69, 9.17) is 11.6 Å². The van der Waals surface area contributed by atoms with Crippen molar-refractivity contribution in [1.82, 2.24) is 10.6 Å². The monoisotopic (exact) mass is 354 g/mol. The van der Waals surface area contributed by atoms with Crippen LogP contribution in [0.15, 0.2) is 18.2 Å². The van der Waals surface area contributed by atoms with Crippen molar-refractivity contribution in [2.75, 3.05) is 6.54 Å². The van der Waals surface area contributed by atoms with Crippen LogP contribution in [0.2, 0.25) is 5.02 Å². The van der Waals surface area contributed by atoms with E-state index < -0.39 is 5.82 Å². The molecule has 5 heteroatoms. The second kappa shape index (κ2) is 8.30. The van der Waals surface area contributed by atoms with Crippen molar-refractivity contribution in [3.8, 4) is 0 Å². The maximum Gasteiger partial charge on any atom is 0.224 e. The molecule has 1 fully saturated rings. The van der Waals surface area contributed by atoms with Gasteiger partial charge in [-0.2, -0.15) is 0 Å². The van der Waals surface area contributed by atoms with E-state index in [1.54, 1.807) is 6.07 Å². The molecule has 1 aromatic rings. The fraction of sp³-hybridized carbons (Fsp3) is 0.632. The van der Waals surface area contributed by atoms with E-state index in [0.29, 0.717) is 22.0 Å². The smallest absolute Gasteiger partial charge is 0.224 e. The van der Waals surface area contributed by atoms with Gasteiger partial charge in [0.2, 0.25) is 5.91 Å². The normalized spacial score (nSPS) is 21.0. The Hall–Kier alpha value is -1.13. The van der Waals surface area contributed by atoms with E-state index in [1.165, 1.54) is 12.1 Å². The molecule has 2 atom stereocenters. The standard InChI is InChI=1S/C19H28ClFN2O/c1-19(2,3)6-7-22-16-4-5-17(12-16)23-18(24)10-13-8-14(20)11-15(21)9-13/h8-9,11,16-17,22H,4-7,10,12H2,1-3H3,(H,23,24)/t16-,17+/m0/s1. The molecule has 0 saturated heterocycles. The topological polar surface area (TPSA) is 41.1 Å². The molecule has 1 amide bonds. The summed E-state index contributed by atoms with van der Waals surface area (Å²) in [6.45, 7) is 7.73. The van der Waals surface area contributed by atoms with Crippen LogP contribution in [0, 0.1) is 11.2 Å². The first-order chi connectivity index (χ1) is 11.2. The molecule has 2 N–H and O–H groups in total. The Morgan fingerprint density at radius 3 is 2.62 bits per heavy atom. The van der Waals surface area contributed by atoms with Gasteiger partial charge in [-0.05, 0) is 61.4 Å². The zero-order valence-corrected chi connectivity index (χ0v) is 15.5. The predicted octanol–water partition coefficient (Wildman–Crippen LogP) is 4.08. The largest absolute Gasteiger partial charge is 0.353 e. The van der Waals surface area contributed by atoms with E-state index in [9.17, 15) is 9.18 Å². The minimum Gasteiger partial charge on any atom is -0.353 e. The van der Waals surface area contributed by atoms with Crippen molar-refractivity contribution in [3.05, 3.63) is 34.6 Å². The first-order valence-corrected chi connectivity index (χ1v) is 9.07. The number of amides is 1. The summed E-state index contributed by atoms with van der Waals surface area (Å²) in [5.74, 6) is -0.480. The second-order valence-corrected chi connectivity index (χ2v) is 8.43. The molecule has 0 radical (unpaired) electrons. The van der Waals surface area contributed by atoms with Gasteiger partial charge in [0.15, 0.2) is 0 Å². The highest BCUT2D eigenvalue weighted by Crippen LogP contribution is 2.22. The highest BCUT2D eigenvalue weighted by Gasteiger charge is 2.25. The lowest BCUT2D eigenvalue weighted by Gasteiger charge is -2.20. The summed E-state index contributed by atoms with van der Waals surface area (Å²) in [6.07, 6.45) is 4.33. The van der Waals surface area contributed by atoms with Gasteiger partial charge in [0.1, 0.15) is 5.82 Å². The summed E-state index contributed by atoms with van der Waals surface area (Å²) in [7, 11) is 0. The number of rotatable bonds is 6. The van der Waals surface area contributed by atoms with Gasteiger partial charge >= 0.3 is 0 Å². The third-order valence-electron chi connectivity index (χ3n) is 4.39. The lowest BCUT2D eigenvalue weighted by Crippen LogP contribution is -2.36. The van der Waals surface area contributed by atoms with Crippen molar-refractivity contribution >= 4 is 17.5 Å². The SMILES string of the molecule is CC(C)(C)CCN[C@H]1CC[C@@H](NC(=O)Cc2cc(F)cc(Cl)c2)C1. The van der Waals surface area contributed by atoms with Crippen LogP contribution < -0.4 is 10.6 Å². The first-order valence-electron chi connectivity index (χ1n) is 8.69. The van der Waals surface area contributed by atoms with Crippen LogP contribution in [0.1, 0.15) is 52.0 Å². The molecule has 3 nitrogen and oxygen atoms in total. The molecule has 1 aliphatic rings. The van der Waals surface area contributed by atoms with E-state index in [0.717, 1.165) is 32.2 Å². The van der Waals surface area contributed by atoms with Crippen LogP contribution in [-0.2, 0) is 11.2 Å². The van der Waals surface area contributed by atoms with Gasteiger partial charge in [-0.25, -0.2) is 4.39 Å². The molecule has 0 unspecified atom stereocenters. The van der Waals surface area contributed by atoms with Crippen LogP contribution in [0.5, 0.6) is 0 Å². The molecule has 134 valence electrons. The zero-order chi connectivity index (χ0) is 17.7. The molecule has 2 rings (SSSR count). The molecule has 24 heavy (non-hydrogen) atoms. The molecule has 0 aromatic heterocycles. The number of carbonyl (C=O) groups excluding carboxylic acids is 1. The van der Waals surface area contributed by atoms with Gasteiger partial charge in [-0.3, -0.25) is 4.79 Å². The van der Waals surface area contributed by atoms with E-state index in [-0.39, 0.29) is 18.4 Å². The van der Waals surface area contributed by atoms with E-state index in [1.807, 2.05) is 0 Å². The number of hydrogen-bond acceptors (Lipinski definition) is 2. The molecular formula is C19H28ClFN2O. The van der Waals surface area contributed by atoms with Gasteiger partial charge in [0, 0.05) is 17.1 Å². The van der Waals surface area contributed by atoms with Gasteiger partial charge in [-0.1, -0.05) is 32.4 Å². The Kier molecular flexibility index (Phi) is 6.64. The summed E-state index contributed by atoms with van der Waals surface area (Å²) in [5.41, 5.74) is 0.946. The number of benzene rings is 1. The highest BCUT2D eigenvalue weighted by atomic mass is 35.5. The number of halogens is 2. The average molecular weight is 355 g/mol. The first kappa shape index (κ1) is 19.2. The minimum absolute atomic E-state index is 0.0722. The van der Waals surface area contributed by atoms with Crippen LogP contribution in [0.4, 0.5) is 4.39 Å². The molecular weight excluding hydrogens is 327 g/mol. The van der Waals surface area contributed by atoms with Crippen LogP contribution in [0.25, 0.3) is 0 Å². The third-order valence-corrected chi connectivity index (χ3v) is 4.61. The molecule has 1 aromatic carbocycles. The summed E-state index contributed by atoms with van der Waals surface area (Å²) >= 11 is 5.82. The average Bonchev–Trinajstić information content (AvgIpc) is 2.83. The maximum absolute atomic E-state index is 13.3. The van der Waals surface area contributed by atoms with Gasteiger partial charge in [0.25, 0.3) is 0 Å². The summed E-state index contributed by atoms with van der Waals surface area (Å²) in [5, 5.41) is 6.97. The number of hydrogen-bond donors (Lipinski definition) is 2. The maximum atomic E-state index is 13.3. The summed E-state index contributed by atoms with van der Waals surface area (Å²) < 4.78 is 13.3. The molecule has 0 heterocycles. The fourth-order valence-corrected chi connectivity index (χ4v) is 3.37. The second-order valence-electron chi connectivity index (χ2n) is 7.99. The lowest BCUT2D eigenvalue weighted by molar-refractivity contribution is -0.121. The Labute approximate surface area is 149 Å². The van der Waals surface area contributed by atoms with Crippen molar-refractivity contribution in [2.45, 2.75) is 65.0 Å². The molecule has 0 spiro atoms. The zero-order valence-electron chi connectivity index (χ0n) is 14.8. The Bertz CT molecular complexity index is 551. The predicted molar refractivity (Wildman–Crippen MR) is 96.8 cm³/mol. The van der Waals surface area contributed by atoms with Gasteiger partial charge in [0.05, 0.1) is 6.42 Å². The molecule has 0 bridgehead atoms. The van der Waals surface area contributed by atoms with Crippen LogP contribution >= 0.6 is 11.6 Å². The molecule has 1 saturated carbocycles. The van der Waals surface area contributed by atoms with Gasteiger partial charge in [-0.15, -0.1) is 0 Å². The number of nitrogens with one attached hydrogen (secondary N) is 2. The van der Waals surface area contributed by atoms with Crippen LogP contribution in [0.3, 0.4) is 0 Å². The van der Waals surface area contributed by atoms with E-state index in [2.05, 4.69) is 31.4 Å². The Morgan fingerprint density at radius 2 is 1.96 bits per heavy atom. The highest BCUT2D eigenvalue weighted by molar-refractivity contribution is 6.30. The summed E-state index contributed by atoms with van der Waals surface area (Å²) in [6, 6.07) is 4.91. The fourth-order valence-electron chi connectivity index (χ4n) is 3.13. The third kappa shape index (κ3) is 6.78. The van der Waals surface area contributed by atoms with Crippen molar-refractivity contribution < 1.29 is 9.18 Å². The molecule has 0 aliphatic heterocycles. The molecule has 1 aliphatic carbocycles. The quantitative estimate of drug-likeness (QED) is 0.808. The van der Waals surface area contributed by atoms with Crippen LogP contribution in [-0.4, -0.2) is 24.5 Å². The van der Waals surface area contributed by atoms with Crippen molar-refractivity contribution in [3.63, 3.8) is 0 Å². The van der Waals surface area contributed by atoms with Gasteiger partial charge < -0.3 is 10.6 Å². The Morgan fingerprint density at radius 1 is 1.25 bits per heavy atom. The Balaban J connectivity index is 1.73. The minimum atomic E-state index is -0.408. The van der Waals surface area contributed by atoms with E-state index >= 15 is 0 Å².